The Morgan fingerprint density at radius 3 is 2.24 bits per heavy atom. The summed E-state index contributed by atoms with van der Waals surface area (Å²) >= 11 is 5.89. The van der Waals surface area contributed by atoms with Gasteiger partial charge in [-0.25, -0.2) is 13.9 Å². The molecule has 2 amide bonds. The molecule has 4 rings (SSSR count). The van der Waals surface area contributed by atoms with Gasteiger partial charge in [-0.1, -0.05) is 23.7 Å². The highest BCUT2D eigenvalue weighted by molar-refractivity contribution is 7.92. The molecule has 1 aliphatic heterocycles. The summed E-state index contributed by atoms with van der Waals surface area (Å²) in [7, 11) is -3.85. The third-order valence-electron chi connectivity index (χ3n) is 6.25. The van der Waals surface area contributed by atoms with Crippen molar-refractivity contribution in [3.8, 4) is 11.5 Å². The number of carbonyl (C=O) groups excluding carboxylic acids is 2. The molecule has 176 valence electrons. The molecule has 1 unspecified atom stereocenters. The van der Waals surface area contributed by atoms with Crippen molar-refractivity contribution in [1.82, 2.24) is 10.4 Å². The molecule has 8 nitrogen and oxygen atoms in total. The Morgan fingerprint density at radius 2 is 1.67 bits per heavy atom. The van der Waals surface area contributed by atoms with Crippen LogP contribution in [-0.2, 0) is 24.2 Å². The van der Waals surface area contributed by atoms with E-state index in [4.69, 9.17) is 21.5 Å². The molecule has 2 aliphatic rings. The van der Waals surface area contributed by atoms with Gasteiger partial charge in [-0.05, 0) is 61.2 Å². The van der Waals surface area contributed by atoms with Crippen molar-refractivity contribution in [3.05, 3.63) is 59.1 Å². The molecular formula is C23H25ClN2O6S. The number of hydroxylamine groups is 1. The lowest BCUT2D eigenvalue weighted by Crippen LogP contribution is -2.42. The quantitative estimate of drug-likeness (QED) is 0.472. The van der Waals surface area contributed by atoms with E-state index in [1.165, 1.54) is 0 Å². The number of ether oxygens (including phenoxy) is 1. The molecule has 0 bridgehead atoms. The van der Waals surface area contributed by atoms with E-state index in [0.29, 0.717) is 22.1 Å². The van der Waals surface area contributed by atoms with Crippen LogP contribution < -0.4 is 10.2 Å². The zero-order chi connectivity index (χ0) is 23.6. The number of halogens is 1. The average Bonchev–Trinajstić information content (AvgIpc) is 3.65. The number of rotatable bonds is 6. The number of sulfone groups is 1. The summed E-state index contributed by atoms with van der Waals surface area (Å²) in [6, 6.07) is 13.3. The standard InChI is InChI=1S/C23H25ClN2O6S/c24-18-5-9-20(10-6-18)32-19-7-3-17(4-8-19)23(15-21(27)25-29)11-12-26(13-14-33(23,30)31)22(28)16-1-2-16/h3-10,16,29H,1-2,11-15H2,(H,25,27). The SMILES string of the molecule is O=C(CC1(c2ccc(Oc3ccc(Cl)cc3)cc2)CCN(C(=O)C2CC2)CCS1(=O)=O)NO. The van der Waals surface area contributed by atoms with Crippen LogP contribution in [0.4, 0.5) is 0 Å². The van der Waals surface area contributed by atoms with Gasteiger partial charge < -0.3 is 9.64 Å². The van der Waals surface area contributed by atoms with Crippen LogP contribution in [0.1, 0.15) is 31.2 Å². The highest BCUT2D eigenvalue weighted by Gasteiger charge is 2.49. The predicted octanol–water partition coefficient (Wildman–Crippen LogP) is 3.28. The smallest absolute Gasteiger partial charge is 0.245 e. The first-order valence-corrected chi connectivity index (χ1v) is 12.8. The van der Waals surface area contributed by atoms with Crippen molar-refractivity contribution >= 4 is 33.3 Å². The van der Waals surface area contributed by atoms with Crippen molar-refractivity contribution in [2.75, 3.05) is 18.8 Å². The van der Waals surface area contributed by atoms with Gasteiger partial charge in [0.05, 0.1) is 12.2 Å². The largest absolute Gasteiger partial charge is 0.457 e. The van der Waals surface area contributed by atoms with Crippen LogP contribution in [-0.4, -0.2) is 49.2 Å². The topological polar surface area (TPSA) is 113 Å². The molecule has 2 fully saturated rings. The molecule has 1 saturated heterocycles. The fraction of sp³-hybridized carbons (Fsp3) is 0.391. The molecular weight excluding hydrogens is 468 g/mol. The number of carbonyl (C=O) groups is 2. The molecule has 2 aromatic carbocycles. The summed E-state index contributed by atoms with van der Waals surface area (Å²) in [4.78, 5) is 26.4. The van der Waals surface area contributed by atoms with E-state index >= 15 is 0 Å². The van der Waals surface area contributed by atoms with E-state index in [1.807, 2.05) is 0 Å². The van der Waals surface area contributed by atoms with Crippen LogP contribution >= 0.6 is 11.6 Å². The third kappa shape index (κ3) is 5.00. The van der Waals surface area contributed by atoms with Crippen molar-refractivity contribution in [1.29, 1.82) is 0 Å². The predicted molar refractivity (Wildman–Crippen MR) is 122 cm³/mol. The van der Waals surface area contributed by atoms with Crippen molar-refractivity contribution in [2.45, 2.75) is 30.4 Å². The van der Waals surface area contributed by atoms with E-state index < -0.39 is 26.9 Å². The second kappa shape index (κ2) is 9.32. The zero-order valence-corrected chi connectivity index (χ0v) is 19.4. The van der Waals surface area contributed by atoms with Gasteiger partial charge in [0, 0.05) is 24.0 Å². The van der Waals surface area contributed by atoms with Crippen LogP contribution in [0.3, 0.4) is 0 Å². The van der Waals surface area contributed by atoms with Gasteiger partial charge >= 0.3 is 0 Å². The minimum Gasteiger partial charge on any atom is -0.457 e. The van der Waals surface area contributed by atoms with Crippen molar-refractivity contribution in [3.63, 3.8) is 0 Å². The lowest BCUT2D eigenvalue weighted by atomic mass is 9.90. The fourth-order valence-corrected chi connectivity index (χ4v) is 6.43. The van der Waals surface area contributed by atoms with Crippen LogP contribution in [0.2, 0.25) is 5.02 Å². The Morgan fingerprint density at radius 1 is 1.06 bits per heavy atom. The second-order valence-electron chi connectivity index (χ2n) is 8.45. The van der Waals surface area contributed by atoms with Gasteiger partial charge in [-0.3, -0.25) is 14.8 Å². The first-order valence-electron chi connectivity index (χ1n) is 10.7. The van der Waals surface area contributed by atoms with E-state index in [2.05, 4.69) is 0 Å². The Bertz CT molecular complexity index is 1130. The minimum atomic E-state index is -3.85. The lowest BCUT2D eigenvalue weighted by Gasteiger charge is -2.32. The van der Waals surface area contributed by atoms with E-state index in [1.54, 1.807) is 58.9 Å². The summed E-state index contributed by atoms with van der Waals surface area (Å²) in [5.74, 6) is -0.0588. The van der Waals surface area contributed by atoms with E-state index in [0.717, 1.165) is 12.8 Å². The monoisotopic (exact) mass is 492 g/mol. The first-order chi connectivity index (χ1) is 15.7. The maximum atomic E-state index is 13.5. The summed E-state index contributed by atoms with van der Waals surface area (Å²) < 4.78 is 31.2. The van der Waals surface area contributed by atoms with Crippen molar-refractivity contribution in [2.24, 2.45) is 5.92 Å². The van der Waals surface area contributed by atoms with E-state index in [9.17, 15) is 18.0 Å². The molecule has 1 atom stereocenters. The Hall–Kier alpha value is -2.62. The van der Waals surface area contributed by atoms with Crippen LogP contribution in [0.25, 0.3) is 0 Å². The minimum absolute atomic E-state index is 0.0229. The highest BCUT2D eigenvalue weighted by atomic mass is 35.5. The first kappa shape index (κ1) is 23.5. The van der Waals surface area contributed by atoms with Gasteiger partial charge in [0.1, 0.15) is 16.2 Å². The number of hydrogen-bond acceptors (Lipinski definition) is 6. The highest BCUT2D eigenvalue weighted by Crippen LogP contribution is 2.42. The van der Waals surface area contributed by atoms with Crippen LogP contribution in [0.5, 0.6) is 11.5 Å². The molecule has 1 heterocycles. The number of nitrogens with zero attached hydrogens (tertiary/aromatic N) is 1. The normalized spacial score (nSPS) is 22.3. The molecule has 0 radical (unpaired) electrons. The fourth-order valence-electron chi connectivity index (χ4n) is 4.21. The third-order valence-corrected chi connectivity index (χ3v) is 9.00. The number of amides is 2. The summed E-state index contributed by atoms with van der Waals surface area (Å²) in [6.07, 6.45) is 1.26. The molecule has 0 spiro atoms. The summed E-state index contributed by atoms with van der Waals surface area (Å²) in [5.41, 5.74) is 1.97. The maximum Gasteiger partial charge on any atom is 0.245 e. The van der Waals surface area contributed by atoms with Gasteiger partial charge in [0.2, 0.25) is 11.8 Å². The molecule has 1 aliphatic carbocycles. The molecule has 0 aromatic heterocycles. The maximum absolute atomic E-state index is 13.5. The van der Waals surface area contributed by atoms with Gasteiger partial charge in [-0.2, -0.15) is 0 Å². The number of hydrogen-bond donors (Lipinski definition) is 2. The van der Waals surface area contributed by atoms with E-state index in [-0.39, 0.29) is 37.1 Å². The number of nitrogens with one attached hydrogen (secondary N) is 1. The van der Waals surface area contributed by atoms with Gasteiger partial charge in [-0.15, -0.1) is 0 Å². The average molecular weight is 493 g/mol. The van der Waals surface area contributed by atoms with Gasteiger partial charge in [0.25, 0.3) is 0 Å². The second-order valence-corrected chi connectivity index (χ2v) is 11.3. The molecule has 2 aromatic rings. The molecule has 1 saturated carbocycles. The molecule has 2 N–H and O–H groups in total. The molecule has 10 heteroatoms. The number of benzene rings is 2. The zero-order valence-electron chi connectivity index (χ0n) is 17.9. The Balaban J connectivity index is 1.64. The summed E-state index contributed by atoms with van der Waals surface area (Å²) in [5, 5.41) is 9.71. The van der Waals surface area contributed by atoms with Crippen LogP contribution in [0.15, 0.2) is 48.5 Å². The van der Waals surface area contributed by atoms with Crippen LogP contribution in [0, 0.1) is 5.92 Å². The van der Waals surface area contributed by atoms with Crippen molar-refractivity contribution < 1.29 is 28.0 Å². The lowest BCUT2D eigenvalue weighted by molar-refractivity contribution is -0.132. The summed E-state index contributed by atoms with van der Waals surface area (Å²) in [6.45, 7) is 0.314. The molecule has 33 heavy (non-hydrogen) atoms. The van der Waals surface area contributed by atoms with Gasteiger partial charge in [0.15, 0.2) is 9.84 Å². The Kier molecular flexibility index (Phi) is 6.65. The Labute approximate surface area is 197 Å².